The molecule has 1 aliphatic heterocycles. The van der Waals surface area contributed by atoms with Crippen LogP contribution in [0.1, 0.15) is 24.1 Å². The van der Waals surface area contributed by atoms with Crippen molar-refractivity contribution >= 4 is 27.3 Å². The molecule has 2 aliphatic rings. The van der Waals surface area contributed by atoms with E-state index in [4.69, 9.17) is 4.74 Å². The number of ether oxygens (including phenoxy) is 1. The van der Waals surface area contributed by atoms with Crippen LogP contribution >= 0.6 is 27.3 Å². The second-order valence-electron chi connectivity index (χ2n) is 5.37. The largest absolute Gasteiger partial charge is 0.379 e. The molecule has 1 aromatic heterocycles. The lowest BCUT2D eigenvalue weighted by molar-refractivity contribution is -0.154. The Labute approximate surface area is 115 Å². The Hall–Kier alpha value is 0.1000. The minimum atomic E-state index is 0.283. The highest BCUT2D eigenvalue weighted by molar-refractivity contribution is 9.10. The SMILES string of the molecule is CNCC1(C2(c3cc(Br)cs3)COC2)CCC1. The molecule has 2 nitrogen and oxygen atoms in total. The van der Waals surface area contributed by atoms with Gasteiger partial charge in [-0.3, -0.25) is 0 Å². The summed E-state index contributed by atoms with van der Waals surface area (Å²) in [6.07, 6.45) is 4.05. The highest BCUT2D eigenvalue weighted by Gasteiger charge is 2.59. The Morgan fingerprint density at radius 1 is 1.47 bits per heavy atom. The van der Waals surface area contributed by atoms with Gasteiger partial charge in [0.25, 0.3) is 0 Å². The maximum atomic E-state index is 5.59. The second-order valence-corrected chi connectivity index (χ2v) is 7.20. The first kappa shape index (κ1) is 12.2. The fourth-order valence-corrected chi connectivity index (χ4v) is 5.07. The van der Waals surface area contributed by atoms with E-state index in [-0.39, 0.29) is 5.41 Å². The van der Waals surface area contributed by atoms with Gasteiger partial charge < -0.3 is 10.1 Å². The van der Waals surface area contributed by atoms with Crippen molar-refractivity contribution < 1.29 is 4.74 Å². The van der Waals surface area contributed by atoms with Gasteiger partial charge in [0, 0.05) is 21.3 Å². The van der Waals surface area contributed by atoms with Crippen LogP contribution in [0.15, 0.2) is 15.9 Å². The molecule has 2 fully saturated rings. The summed E-state index contributed by atoms with van der Waals surface area (Å²) < 4.78 is 6.80. The molecule has 1 saturated carbocycles. The first-order valence-electron chi connectivity index (χ1n) is 6.19. The first-order valence-corrected chi connectivity index (χ1v) is 7.87. The van der Waals surface area contributed by atoms with Crippen LogP contribution in [0.3, 0.4) is 0 Å². The number of halogens is 1. The third-order valence-electron chi connectivity index (χ3n) is 4.58. The molecule has 0 atom stereocenters. The van der Waals surface area contributed by atoms with Gasteiger partial charge in [0.1, 0.15) is 0 Å². The van der Waals surface area contributed by atoms with E-state index in [0.717, 1.165) is 19.8 Å². The Morgan fingerprint density at radius 3 is 2.59 bits per heavy atom. The molecule has 94 valence electrons. The molecular weight excluding hydrogens is 298 g/mol. The minimum absolute atomic E-state index is 0.283. The molecule has 0 radical (unpaired) electrons. The van der Waals surface area contributed by atoms with Crippen molar-refractivity contribution in [3.8, 4) is 0 Å². The maximum absolute atomic E-state index is 5.59. The molecule has 0 bridgehead atoms. The Morgan fingerprint density at radius 2 is 2.24 bits per heavy atom. The van der Waals surface area contributed by atoms with E-state index in [1.807, 2.05) is 11.3 Å². The zero-order valence-corrected chi connectivity index (χ0v) is 12.5. The average Bonchev–Trinajstić information content (AvgIpc) is 2.59. The summed E-state index contributed by atoms with van der Waals surface area (Å²) in [5, 5.41) is 5.59. The second kappa shape index (κ2) is 4.34. The normalized spacial score (nSPS) is 25.1. The van der Waals surface area contributed by atoms with Gasteiger partial charge in [-0.1, -0.05) is 6.42 Å². The minimum Gasteiger partial charge on any atom is -0.379 e. The van der Waals surface area contributed by atoms with Crippen molar-refractivity contribution in [2.75, 3.05) is 26.8 Å². The highest BCUT2D eigenvalue weighted by Crippen LogP contribution is 2.59. The summed E-state index contributed by atoms with van der Waals surface area (Å²) >= 11 is 5.46. The van der Waals surface area contributed by atoms with Crippen LogP contribution < -0.4 is 5.32 Å². The van der Waals surface area contributed by atoms with Crippen LogP contribution in [0, 0.1) is 5.41 Å². The van der Waals surface area contributed by atoms with E-state index in [9.17, 15) is 0 Å². The van der Waals surface area contributed by atoms with Gasteiger partial charge in [-0.05, 0) is 47.3 Å². The summed E-state index contributed by atoms with van der Waals surface area (Å²) in [5.41, 5.74) is 0.717. The summed E-state index contributed by atoms with van der Waals surface area (Å²) in [6.45, 7) is 2.93. The number of thiophene rings is 1. The molecule has 1 aromatic rings. The molecule has 2 heterocycles. The van der Waals surface area contributed by atoms with E-state index in [0.29, 0.717) is 5.41 Å². The van der Waals surface area contributed by atoms with E-state index >= 15 is 0 Å². The molecule has 0 amide bonds. The lowest BCUT2D eigenvalue weighted by atomic mass is 9.51. The molecule has 1 aliphatic carbocycles. The van der Waals surface area contributed by atoms with Gasteiger partial charge in [0.15, 0.2) is 0 Å². The topological polar surface area (TPSA) is 21.3 Å². The molecule has 0 aromatic carbocycles. The molecule has 17 heavy (non-hydrogen) atoms. The quantitative estimate of drug-likeness (QED) is 0.921. The van der Waals surface area contributed by atoms with E-state index in [1.54, 1.807) is 0 Å². The van der Waals surface area contributed by atoms with Gasteiger partial charge >= 0.3 is 0 Å². The third-order valence-corrected chi connectivity index (χ3v) is 6.47. The predicted octanol–water partition coefficient (Wildman–Crippen LogP) is 3.17. The molecule has 0 spiro atoms. The molecular formula is C13H18BrNOS. The molecule has 1 saturated heterocycles. The van der Waals surface area contributed by atoms with Crippen molar-refractivity contribution in [1.29, 1.82) is 0 Å². The summed E-state index contributed by atoms with van der Waals surface area (Å²) in [7, 11) is 2.07. The predicted molar refractivity (Wildman–Crippen MR) is 74.7 cm³/mol. The zero-order valence-electron chi connectivity index (χ0n) is 10.1. The number of hydrogen-bond acceptors (Lipinski definition) is 3. The van der Waals surface area contributed by atoms with Crippen molar-refractivity contribution in [1.82, 2.24) is 5.32 Å². The standard InChI is InChI=1S/C13H18BrNOS/c1-15-7-12(3-2-4-12)13(8-16-9-13)11-5-10(14)6-17-11/h5-6,15H,2-4,7-9H2,1H3. The smallest absolute Gasteiger partial charge is 0.0599 e. The van der Waals surface area contributed by atoms with Gasteiger partial charge in [0.05, 0.1) is 18.6 Å². The van der Waals surface area contributed by atoms with Crippen LogP contribution in [0.4, 0.5) is 0 Å². The van der Waals surface area contributed by atoms with E-state index in [2.05, 4.69) is 39.7 Å². The van der Waals surface area contributed by atoms with Gasteiger partial charge in [0.2, 0.25) is 0 Å². The van der Waals surface area contributed by atoms with E-state index in [1.165, 1.54) is 28.6 Å². The average molecular weight is 316 g/mol. The van der Waals surface area contributed by atoms with Gasteiger partial charge in [-0.25, -0.2) is 0 Å². The zero-order chi connectivity index (χ0) is 11.9. The van der Waals surface area contributed by atoms with Crippen LogP contribution in [-0.4, -0.2) is 26.8 Å². The number of hydrogen-bond donors (Lipinski definition) is 1. The van der Waals surface area contributed by atoms with Crippen molar-refractivity contribution in [3.05, 3.63) is 20.8 Å². The molecule has 1 N–H and O–H groups in total. The Balaban J connectivity index is 1.96. The monoisotopic (exact) mass is 315 g/mol. The van der Waals surface area contributed by atoms with Gasteiger partial charge in [-0.15, -0.1) is 11.3 Å². The fraction of sp³-hybridized carbons (Fsp3) is 0.692. The molecule has 0 unspecified atom stereocenters. The lowest BCUT2D eigenvalue weighted by Gasteiger charge is -2.59. The molecule has 4 heteroatoms. The maximum Gasteiger partial charge on any atom is 0.0599 e. The van der Waals surface area contributed by atoms with Crippen LogP contribution in [-0.2, 0) is 10.2 Å². The van der Waals surface area contributed by atoms with Crippen LogP contribution in [0.2, 0.25) is 0 Å². The van der Waals surface area contributed by atoms with Crippen LogP contribution in [0.25, 0.3) is 0 Å². The van der Waals surface area contributed by atoms with E-state index < -0.39 is 0 Å². The van der Waals surface area contributed by atoms with Crippen molar-refractivity contribution in [2.24, 2.45) is 5.41 Å². The Bertz CT molecular complexity index is 409. The van der Waals surface area contributed by atoms with Crippen molar-refractivity contribution in [2.45, 2.75) is 24.7 Å². The van der Waals surface area contributed by atoms with Gasteiger partial charge in [-0.2, -0.15) is 0 Å². The summed E-state index contributed by atoms with van der Waals surface area (Å²) in [4.78, 5) is 1.51. The highest BCUT2D eigenvalue weighted by atomic mass is 79.9. The van der Waals surface area contributed by atoms with Crippen LogP contribution in [0.5, 0.6) is 0 Å². The Kier molecular flexibility index (Phi) is 3.10. The molecule has 3 rings (SSSR count). The lowest BCUT2D eigenvalue weighted by Crippen LogP contribution is -2.64. The summed E-state index contributed by atoms with van der Waals surface area (Å²) in [5.74, 6) is 0. The van der Waals surface area contributed by atoms with Crippen molar-refractivity contribution in [3.63, 3.8) is 0 Å². The fourth-order valence-electron chi connectivity index (χ4n) is 3.35. The first-order chi connectivity index (χ1) is 8.22. The number of nitrogens with one attached hydrogen (secondary N) is 1. The number of rotatable bonds is 4. The third kappa shape index (κ3) is 1.65. The summed E-state index contributed by atoms with van der Waals surface area (Å²) in [6, 6.07) is 2.29.